The zero-order valence-electron chi connectivity index (χ0n) is 11.2. The largest absolute Gasteiger partial charge is 0.480 e. The number of ether oxygens (including phenoxy) is 1. The van der Waals surface area contributed by atoms with Crippen molar-refractivity contribution in [2.45, 2.75) is 26.0 Å². The van der Waals surface area contributed by atoms with Crippen LogP contribution in [0, 0.1) is 0 Å². The highest BCUT2D eigenvalue weighted by atomic mass is 16.5. The molecule has 0 saturated carbocycles. The summed E-state index contributed by atoms with van der Waals surface area (Å²) in [4.78, 5) is 23.6. The fourth-order valence-corrected chi connectivity index (χ4v) is 1.48. The van der Waals surface area contributed by atoms with Gasteiger partial charge < -0.3 is 14.7 Å². The van der Waals surface area contributed by atoms with E-state index in [0.29, 0.717) is 6.61 Å². The fourth-order valence-electron chi connectivity index (χ4n) is 1.48. The van der Waals surface area contributed by atoms with E-state index in [1.165, 1.54) is 18.9 Å². The van der Waals surface area contributed by atoms with Crippen molar-refractivity contribution < 1.29 is 19.4 Å². The van der Waals surface area contributed by atoms with Crippen LogP contribution >= 0.6 is 0 Å². The van der Waals surface area contributed by atoms with Gasteiger partial charge in [0.2, 0.25) is 5.91 Å². The summed E-state index contributed by atoms with van der Waals surface area (Å²) < 4.78 is 5.39. The van der Waals surface area contributed by atoms with Crippen LogP contribution in [0.2, 0.25) is 0 Å². The molecule has 19 heavy (non-hydrogen) atoms. The third-order valence-electron chi connectivity index (χ3n) is 2.90. The molecule has 5 nitrogen and oxygen atoms in total. The van der Waals surface area contributed by atoms with Crippen molar-refractivity contribution in [2.75, 3.05) is 13.7 Å². The number of carboxylic acid groups (broad SMARTS) is 1. The number of carbonyl (C=O) groups excluding carboxylic acids is 1. The van der Waals surface area contributed by atoms with Crippen LogP contribution in [0.4, 0.5) is 0 Å². The Morgan fingerprint density at radius 3 is 2.53 bits per heavy atom. The van der Waals surface area contributed by atoms with Gasteiger partial charge in [-0.05, 0) is 12.5 Å². The molecule has 0 heterocycles. The van der Waals surface area contributed by atoms with Crippen molar-refractivity contribution >= 4 is 11.9 Å². The first-order valence-electron chi connectivity index (χ1n) is 6.12. The van der Waals surface area contributed by atoms with Crippen molar-refractivity contribution in [3.63, 3.8) is 0 Å². The van der Waals surface area contributed by atoms with E-state index in [0.717, 1.165) is 5.56 Å². The number of benzene rings is 1. The van der Waals surface area contributed by atoms with Crippen LogP contribution < -0.4 is 0 Å². The molecule has 1 atom stereocenters. The molecule has 0 spiro atoms. The van der Waals surface area contributed by atoms with E-state index in [1.807, 2.05) is 30.3 Å². The third kappa shape index (κ3) is 5.09. The maximum absolute atomic E-state index is 11.7. The summed E-state index contributed by atoms with van der Waals surface area (Å²) in [6, 6.07) is 8.84. The minimum absolute atomic E-state index is 0.182. The predicted molar refractivity (Wildman–Crippen MR) is 70.6 cm³/mol. The molecule has 1 aromatic carbocycles. The molecule has 1 unspecified atom stereocenters. The van der Waals surface area contributed by atoms with Gasteiger partial charge in [-0.2, -0.15) is 0 Å². The van der Waals surface area contributed by atoms with Crippen molar-refractivity contribution in [3.8, 4) is 0 Å². The Balaban J connectivity index is 2.26. The van der Waals surface area contributed by atoms with Crippen LogP contribution in [0.25, 0.3) is 0 Å². The van der Waals surface area contributed by atoms with Gasteiger partial charge in [0, 0.05) is 7.05 Å². The first-order valence-corrected chi connectivity index (χ1v) is 6.12. The van der Waals surface area contributed by atoms with Gasteiger partial charge in [-0.3, -0.25) is 4.79 Å². The molecule has 0 radical (unpaired) electrons. The van der Waals surface area contributed by atoms with Crippen molar-refractivity contribution in [2.24, 2.45) is 0 Å². The summed E-state index contributed by atoms with van der Waals surface area (Å²) in [5, 5.41) is 8.80. The second-order valence-electron chi connectivity index (χ2n) is 4.31. The van der Waals surface area contributed by atoms with Gasteiger partial charge >= 0.3 is 5.97 Å². The lowest BCUT2D eigenvalue weighted by Crippen LogP contribution is -2.40. The maximum Gasteiger partial charge on any atom is 0.326 e. The van der Waals surface area contributed by atoms with E-state index in [2.05, 4.69) is 0 Å². The van der Waals surface area contributed by atoms with Crippen molar-refractivity contribution in [3.05, 3.63) is 35.9 Å². The van der Waals surface area contributed by atoms with E-state index in [9.17, 15) is 9.59 Å². The van der Waals surface area contributed by atoms with Gasteiger partial charge in [0.25, 0.3) is 0 Å². The highest BCUT2D eigenvalue weighted by Crippen LogP contribution is 2.03. The second-order valence-corrected chi connectivity index (χ2v) is 4.31. The van der Waals surface area contributed by atoms with E-state index in [1.54, 1.807) is 0 Å². The first-order chi connectivity index (χ1) is 9.02. The molecule has 1 N–H and O–H groups in total. The number of carbonyl (C=O) groups is 2. The van der Waals surface area contributed by atoms with Crippen molar-refractivity contribution in [1.29, 1.82) is 0 Å². The zero-order valence-corrected chi connectivity index (χ0v) is 11.2. The monoisotopic (exact) mass is 265 g/mol. The van der Waals surface area contributed by atoms with E-state index < -0.39 is 12.0 Å². The van der Waals surface area contributed by atoms with Gasteiger partial charge in [-0.1, -0.05) is 30.3 Å². The molecule has 0 aliphatic heterocycles. The van der Waals surface area contributed by atoms with E-state index in [-0.39, 0.29) is 18.9 Å². The molecule has 0 saturated heterocycles. The number of rotatable bonds is 7. The van der Waals surface area contributed by atoms with Gasteiger partial charge in [0.05, 0.1) is 19.6 Å². The maximum atomic E-state index is 11.7. The van der Waals surface area contributed by atoms with Gasteiger partial charge in [0.15, 0.2) is 0 Å². The van der Waals surface area contributed by atoms with Gasteiger partial charge in [-0.25, -0.2) is 4.79 Å². The summed E-state index contributed by atoms with van der Waals surface area (Å²) in [5.41, 5.74) is 1.04. The standard InChI is InChI=1S/C14H19NO4/c1-11(14(17)18)15(2)13(16)8-9-19-10-12-6-4-3-5-7-12/h3-7,11H,8-10H2,1-2H3,(H,17,18). The number of aliphatic carboxylic acids is 1. The van der Waals surface area contributed by atoms with Crippen LogP contribution in [0.5, 0.6) is 0 Å². The van der Waals surface area contributed by atoms with Crippen LogP contribution in [-0.4, -0.2) is 41.6 Å². The van der Waals surface area contributed by atoms with Crippen molar-refractivity contribution in [1.82, 2.24) is 4.90 Å². The Kier molecular flexibility index (Phi) is 6.02. The second kappa shape index (κ2) is 7.53. The van der Waals surface area contributed by atoms with Crippen LogP contribution in [-0.2, 0) is 20.9 Å². The van der Waals surface area contributed by atoms with Crippen LogP contribution in [0.1, 0.15) is 18.9 Å². The summed E-state index contributed by atoms with van der Waals surface area (Å²) in [6.45, 7) is 2.21. The fraction of sp³-hybridized carbons (Fsp3) is 0.429. The van der Waals surface area contributed by atoms with Gasteiger partial charge in [-0.15, -0.1) is 0 Å². The molecule has 0 fully saturated rings. The average Bonchev–Trinajstić information content (AvgIpc) is 2.42. The lowest BCUT2D eigenvalue weighted by molar-refractivity contribution is -0.148. The number of likely N-dealkylation sites (N-methyl/N-ethyl adjacent to an activating group) is 1. The highest BCUT2D eigenvalue weighted by molar-refractivity contribution is 5.83. The lowest BCUT2D eigenvalue weighted by atomic mass is 10.2. The molecule has 0 aromatic heterocycles. The molecular formula is C14H19NO4. The highest BCUT2D eigenvalue weighted by Gasteiger charge is 2.20. The van der Waals surface area contributed by atoms with Gasteiger partial charge in [0.1, 0.15) is 6.04 Å². The summed E-state index contributed by atoms with van der Waals surface area (Å²) in [7, 11) is 1.48. The van der Waals surface area contributed by atoms with Crippen LogP contribution in [0.3, 0.4) is 0 Å². The molecule has 0 aliphatic carbocycles. The Morgan fingerprint density at radius 2 is 1.95 bits per heavy atom. The minimum Gasteiger partial charge on any atom is -0.480 e. The summed E-state index contributed by atoms with van der Waals surface area (Å²) >= 11 is 0. The number of amides is 1. The minimum atomic E-state index is -1.01. The average molecular weight is 265 g/mol. The normalized spacial score (nSPS) is 11.9. The first kappa shape index (κ1) is 15.2. The molecule has 1 aromatic rings. The Morgan fingerprint density at radius 1 is 1.32 bits per heavy atom. The number of hydrogen-bond acceptors (Lipinski definition) is 3. The Labute approximate surface area is 112 Å². The molecule has 1 amide bonds. The molecular weight excluding hydrogens is 246 g/mol. The zero-order chi connectivity index (χ0) is 14.3. The molecule has 0 aliphatic rings. The van der Waals surface area contributed by atoms with E-state index >= 15 is 0 Å². The molecule has 104 valence electrons. The lowest BCUT2D eigenvalue weighted by Gasteiger charge is -2.21. The number of hydrogen-bond donors (Lipinski definition) is 1. The van der Waals surface area contributed by atoms with Crippen LogP contribution in [0.15, 0.2) is 30.3 Å². The summed E-state index contributed by atoms with van der Waals surface area (Å²) in [5.74, 6) is -1.25. The number of nitrogens with zero attached hydrogens (tertiary/aromatic N) is 1. The number of carboxylic acids is 1. The Hall–Kier alpha value is -1.88. The summed E-state index contributed by atoms with van der Waals surface area (Å²) in [6.07, 6.45) is 0.182. The molecule has 1 rings (SSSR count). The van der Waals surface area contributed by atoms with E-state index in [4.69, 9.17) is 9.84 Å². The topological polar surface area (TPSA) is 66.8 Å². The quantitative estimate of drug-likeness (QED) is 0.759. The smallest absolute Gasteiger partial charge is 0.326 e. The predicted octanol–water partition coefficient (Wildman–Crippen LogP) is 1.52. The molecule has 0 bridgehead atoms. The Bertz CT molecular complexity index is 419. The SMILES string of the molecule is CC(C(=O)O)N(C)C(=O)CCOCc1ccccc1. The third-order valence-corrected chi connectivity index (χ3v) is 2.90. The molecule has 5 heteroatoms.